The zero-order chi connectivity index (χ0) is 20.5. The molecule has 0 spiro atoms. The Labute approximate surface area is 180 Å². The van der Waals surface area contributed by atoms with E-state index in [1.807, 2.05) is 36.4 Å². The number of fused-ring (bicyclic) bond motifs is 3. The van der Waals surface area contributed by atoms with Gasteiger partial charge in [-0.25, -0.2) is 4.98 Å². The molecule has 152 valence electrons. The molecule has 2 bridgehead atoms. The van der Waals surface area contributed by atoms with Gasteiger partial charge >= 0.3 is 0 Å². The molecule has 1 amide bonds. The highest BCUT2D eigenvalue weighted by molar-refractivity contribution is 7.80. The van der Waals surface area contributed by atoms with Crippen LogP contribution in [0.2, 0.25) is 0 Å². The number of hydrogen-bond donors (Lipinski definition) is 3. The van der Waals surface area contributed by atoms with Gasteiger partial charge in [-0.3, -0.25) is 20.6 Å². The lowest BCUT2D eigenvalue weighted by Gasteiger charge is -2.24. The number of hydrogen-bond acceptors (Lipinski definition) is 4. The van der Waals surface area contributed by atoms with Crippen molar-refractivity contribution in [2.24, 2.45) is 11.8 Å². The maximum absolute atomic E-state index is 13.0. The van der Waals surface area contributed by atoms with Crippen LogP contribution in [0.1, 0.15) is 36.0 Å². The average molecular weight is 418 g/mol. The Morgan fingerprint density at radius 1 is 1.03 bits per heavy atom. The number of pyridine rings is 2. The van der Waals surface area contributed by atoms with E-state index < -0.39 is 0 Å². The van der Waals surface area contributed by atoms with Crippen LogP contribution in [0.25, 0.3) is 22.2 Å². The van der Waals surface area contributed by atoms with Crippen LogP contribution in [0.3, 0.4) is 0 Å². The van der Waals surface area contributed by atoms with Gasteiger partial charge < -0.3 is 5.32 Å². The summed E-state index contributed by atoms with van der Waals surface area (Å²) in [6, 6.07) is 13.6. The Morgan fingerprint density at radius 3 is 2.63 bits per heavy atom. The predicted octanol–water partition coefficient (Wildman–Crippen LogP) is 3.59. The molecule has 7 heteroatoms. The van der Waals surface area contributed by atoms with Crippen LogP contribution in [0.4, 0.5) is 0 Å². The Hall–Kier alpha value is -3.06. The number of rotatable bonds is 3. The van der Waals surface area contributed by atoms with E-state index in [9.17, 15) is 4.79 Å². The van der Waals surface area contributed by atoms with E-state index in [1.54, 1.807) is 18.5 Å². The van der Waals surface area contributed by atoms with Gasteiger partial charge in [-0.1, -0.05) is 24.6 Å². The number of hydrazine groups is 1. The Kier molecular flexibility index (Phi) is 5.04. The summed E-state index contributed by atoms with van der Waals surface area (Å²) >= 11 is 5.42. The van der Waals surface area contributed by atoms with Crippen molar-refractivity contribution in [1.29, 1.82) is 0 Å². The Morgan fingerprint density at radius 2 is 1.87 bits per heavy atom. The van der Waals surface area contributed by atoms with E-state index in [2.05, 4.69) is 21.2 Å². The fourth-order valence-electron chi connectivity index (χ4n) is 4.84. The molecule has 3 atom stereocenters. The second-order valence-corrected chi connectivity index (χ2v) is 8.55. The maximum Gasteiger partial charge on any atom is 0.270 e. The molecule has 0 saturated heterocycles. The summed E-state index contributed by atoms with van der Waals surface area (Å²) in [5.41, 5.74) is 8.58. The molecular formula is C23H23N5OS. The smallest absolute Gasteiger partial charge is 0.270 e. The molecule has 5 rings (SSSR count). The summed E-state index contributed by atoms with van der Waals surface area (Å²) < 4.78 is 0. The van der Waals surface area contributed by atoms with Gasteiger partial charge in [0, 0.05) is 29.4 Å². The lowest BCUT2D eigenvalue weighted by Crippen LogP contribution is -2.50. The molecule has 2 heterocycles. The van der Waals surface area contributed by atoms with Gasteiger partial charge in [-0.2, -0.15) is 0 Å². The highest BCUT2D eigenvalue weighted by Gasteiger charge is 2.39. The molecule has 1 aromatic carbocycles. The molecule has 2 aliphatic carbocycles. The minimum atomic E-state index is -0.249. The quantitative estimate of drug-likeness (QED) is 0.446. The second kappa shape index (κ2) is 7.99. The summed E-state index contributed by atoms with van der Waals surface area (Å²) in [5.74, 6) is 1.29. The zero-order valence-corrected chi connectivity index (χ0v) is 17.3. The molecule has 0 unspecified atom stereocenters. The van der Waals surface area contributed by atoms with Crippen LogP contribution in [0, 0.1) is 11.8 Å². The topological polar surface area (TPSA) is 78.9 Å². The van der Waals surface area contributed by atoms with Crippen LogP contribution in [-0.4, -0.2) is 27.0 Å². The number of thiocarbonyl (C=S) groups is 1. The molecule has 2 fully saturated rings. The van der Waals surface area contributed by atoms with Crippen molar-refractivity contribution in [1.82, 2.24) is 26.1 Å². The summed E-state index contributed by atoms with van der Waals surface area (Å²) in [7, 11) is 0. The average Bonchev–Trinajstić information content (AvgIpc) is 3.40. The molecule has 2 aromatic heterocycles. The number of carbonyl (C=O) groups is 1. The van der Waals surface area contributed by atoms with Gasteiger partial charge in [0.25, 0.3) is 5.91 Å². The van der Waals surface area contributed by atoms with Gasteiger partial charge in [0.05, 0.1) is 16.8 Å². The number of benzene rings is 1. The standard InChI is InChI=1S/C23H23N5OS/c29-22(27-28-23(30)26-20-12-14-5-6-16(20)11-14)18-13-21(15-7-9-24-10-8-15)25-19-4-2-1-3-17(18)19/h1-4,7-10,13-14,16,20H,5-6,11-12H2,(H,27,29)(H2,26,28,30)/t14-,16+,20+/m0/s1. The van der Waals surface area contributed by atoms with E-state index in [0.717, 1.165) is 28.1 Å². The van der Waals surface area contributed by atoms with Gasteiger partial charge in [0.1, 0.15) is 0 Å². The third-order valence-corrected chi connectivity index (χ3v) is 6.50. The van der Waals surface area contributed by atoms with Crippen LogP contribution in [-0.2, 0) is 0 Å². The first kappa shape index (κ1) is 18.9. The summed E-state index contributed by atoms with van der Waals surface area (Å²) in [6.07, 6.45) is 8.52. The summed E-state index contributed by atoms with van der Waals surface area (Å²) in [4.78, 5) is 21.8. The fourth-order valence-corrected chi connectivity index (χ4v) is 5.04. The number of nitrogens with one attached hydrogen (secondary N) is 3. The molecule has 6 nitrogen and oxygen atoms in total. The predicted molar refractivity (Wildman–Crippen MR) is 121 cm³/mol. The van der Waals surface area contributed by atoms with Crippen molar-refractivity contribution < 1.29 is 4.79 Å². The largest absolute Gasteiger partial charge is 0.358 e. The SMILES string of the molecule is O=C(NNC(=S)N[C@@H]1C[C@H]2CC[C@@H]1C2)c1cc(-c2ccncc2)nc2ccccc12. The molecule has 3 N–H and O–H groups in total. The lowest BCUT2D eigenvalue weighted by atomic mass is 9.96. The second-order valence-electron chi connectivity index (χ2n) is 8.14. The zero-order valence-electron chi connectivity index (χ0n) is 16.5. The third kappa shape index (κ3) is 3.73. The van der Waals surface area contributed by atoms with Crippen molar-refractivity contribution in [3.8, 4) is 11.3 Å². The molecular weight excluding hydrogens is 394 g/mol. The van der Waals surface area contributed by atoms with Crippen molar-refractivity contribution in [2.45, 2.75) is 31.7 Å². The Bertz CT molecular complexity index is 1100. The highest BCUT2D eigenvalue weighted by Crippen LogP contribution is 2.44. The van der Waals surface area contributed by atoms with Gasteiger partial charge in [0.2, 0.25) is 0 Å². The van der Waals surface area contributed by atoms with Gasteiger partial charge in [0.15, 0.2) is 5.11 Å². The first-order valence-corrected chi connectivity index (χ1v) is 10.8. The minimum Gasteiger partial charge on any atom is -0.358 e. The number of carbonyl (C=O) groups excluding carboxylic acids is 1. The number of aromatic nitrogens is 2. The van der Waals surface area contributed by atoms with E-state index in [4.69, 9.17) is 17.2 Å². The van der Waals surface area contributed by atoms with Crippen LogP contribution in [0.15, 0.2) is 54.9 Å². The molecule has 0 radical (unpaired) electrons. The third-order valence-electron chi connectivity index (χ3n) is 6.28. The minimum absolute atomic E-state index is 0.249. The number of amides is 1. The van der Waals surface area contributed by atoms with Gasteiger partial charge in [-0.05, 0) is 67.6 Å². The van der Waals surface area contributed by atoms with E-state index in [1.165, 1.54) is 25.7 Å². The van der Waals surface area contributed by atoms with Crippen LogP contribution >= 0.6 is 12.2 Å². The lowest BCUT2D eigenvalue weighted by molar-refractivity contribution is 0.0945. The number of para-hydroxylation sites is 1. The van der Waals surface area contributed by atoms with Crippen LogP contribution < -0.4 is 16.2 Å². The molecule has 30 heavy (non-hydrogen) atoms. The monoisotopic (exact) mass is 417 g/mol. The molecule has 0 aliphatic heterocycles. The normalized spacial score (nSPS) is 22.1. The maximum atomic E-state index is 13.0. The van der Waals surface area contributed by atoms with Crippen molar-refractivity contribution in [3.05, 3.63) is 60.4 Å². The van der Waals surface area contributed by atoms with Crippen molar-refractivity contribution in [2.75, 3.05) is 0 Å². The van der Waals surface area contributed by atoms with E-state index in [-0.39, 0.29) is 5.91 Å². The van der Waals surface area contributed by atoms with Gasteiger partial charge in [-0.15, -0.1) is 0 Å². The summed E-state index contributed by atoms with van der Waals surface area (Å²) in [6.45, 7) is 0. The van der Waals surface area contributed by atoms with E-state index >= 15 is 0 Å². The first-order valence-electron chi connectivity index (χ1n) is 10.3. The molecule has 2 saturated carbocycles. The van der Waals surface area contributed by atoms with Crippen molar-refractivity contribution >= 4 is 34.1 Å². The first-order chi connectivity index (χ1) is 14.7. The van der Waals surface area contributed by atoms with Crippen LogP contribution in [0.5, 0.6) is 0 Å². The Balaban J connectivity index is 1.33. The summed E-state index contributed by atoms with van der Waals surface area (Å²) in [5, 5.41) is 4.64. The highest BCUT2D eigenvalue weighted by atomic mass is 32.1. The number of nitrogens with zero attached hydrogens (tertiary/aromatic N) is 2. The fraction of sp³-hybridized carbons (Fsp3) is 0.304. The molecule has 3 aromatic rings. The molecule has 2 aliphatic rings. The van der Waals surface area contributed by atoms with Crippen molar-refractivity contribution in [3.63, 3.8) is 0 Å². The van der Waals surface area contributed by atoms with E-state index in [0.29, 0.717) is 22.6 Å².